The number of benzene rings is 1. The van der Waals surface area contributed by atoms with E-state index >= 15 is 0 Å². The van der Waals surface area contributed by atoms with E-state index in [1.54, 1.807) is 30.2 Å². The lowest BCUT2D eigenvalue weighted by Gasteiger charge is -2.25. The third-order valence-corrected chi connectivity index (χ3v) is 3.89. The summed E-state index contributed by atoms with van der Waals surface area (Å²) in [6.45, 7) is 3.95. The molecule has 1 fully saturated rings. The Morgan fingerprint density at radius 3 is 2.63 bits per heavy atom. The van der Waals surface area contributed by atoms with Crippen molar-refractivity contribution in [2.75, 3.05) is 7.05 Å². The Morgan fingerprint density at radius 2 is 2.05 bits per heavy atom. The molecule has 19 heavy (non-hydrogen) atoms. The maximum absolute atomic E-state index is 12.2. The Bertz CT molecular complexity index is 503. The van der Waals surface area contributed by atoms with Crippen LogP contribution in [-0.4, -0.2) is 23.0 Å². The summed E-state index contributed by atoms with van der Waals surface area (Å²) < 4.78 is 0. The topological polar surface area (TPSA) is 40.5 Å². The molecule has 1 aliphatic rings. The van der Waals surface area contributed by atoms with Crippen LogP contribution in [-0.2, 0) is 4.79 Å². The van der Waals surface area contributed by atoms with E-state index in [0.717, 1.165) is 5.56 Å². The van der Waals surface area contributed by atoms with Crippen molar-refractivity contribution in [3.63, 3.8) is 0 Å². The molecule has 0 spiro atoms. The smallest absolute Gasteiger partial charge is 0.246 e. The van der Waals surface area contributed by atoms with Gasteiger partial charge in [-0.25, -0.2) is 0 Å². The van der Waals surface area contributed by atoms with Gasteiger partial charge in [0.2, 0.25) is 5.91 Å². The molecule has 1 amide bonds. The van der Waals surface area contributed by atoms with Crippen molar-refractivity contribution < 1.29 is 9.90 Å². The number of aromatic hydroxyl groups is 1. The van der Waals surface area contributed by atoms with Crippen LogP contribution in [0.3, 0.4) is 0 Å². The quantitative estimate of drug-likeness (QED) is 0.843. The molecule has 102 valence electrons. The molecule has 0 aliphatic heterocycles. The van der Waals surface area contributed by atoms with Gasteiger partial charge in [-0.05, 0) is 38.7 Å². The van der Waals surface area contributed by atoms with Gasteiger partial charge in [-0.1, -0.05) is 23.8 Å². The zero-order chi connectivity index (χ0) is 14.0. The lowest BCUT2D eigenvalue weighted by molar-refractivity contribution is -0.126. The molecule has 2 rings (SSSR count). The molecule has 1 unspecified atom stereocenters. The van der Waals surface area contributed by atoms with Crippen LogP contribution >= 0.6 is 0 Å². The molecule has 1 N–H and O–H groups in total. The van der Waals surface area contributed by atoms with E-state index in [0.29, 0.717) is 5.92 Å². The lowest BCUT2D eigenvalue weighted by Crippen LogP contribution is -2.28. The molecule has 1 aliphatic carbocycles. The summed E-state index contributed by atoms with van der Waals surface area (Å²) in [4.78, 5) is 13.8. The summed E-state index contributed by atoms with van der Waals surface area (Å²) in [5.74, 6) is 0.843. The standard InChI is InChI=1S/C16H21NO2/c1-11(13-8-9-13)10-16(19)17(3)12(2)14-6-4-5-7-15(14)18/h4-7,10,12-13,18H,8-9H2,1-3H3. The predicted molar refractivity (Wildman–Crippen MR) is 75.8 cm³/mol. The van der Waals surface area contributed by atoms with E-state index in [2.05, 4.69) is 0 Å². The summed E-state index contributed by atoms with van der Waals surface area (Å²) in [5, 5.41) is 9.84. The second kappa shape index (κ2) is 5.47. The Hall–Kier alpha value is -1.77. The number of phenolic OH excluding ortho intramolecular Hbond substituents is 1. The molecule has 0 heterocycles. The van der Waals surface area contributed by atoms with Crippen LogP contribution < -0.4 is 0 Å². The Morgan fingerprint density at radius 1 is 1.42 bits per heavy atom. The van der Waals surface area contributed by atoms with Gasteiger partial charge in [0.05, 0.1) is 6.04 Å². The number of nitrogens with zero attached hydrogens (tertiary/aromatic N) is 1. The SMILES string of the molecule is CC(=CC(=O)N(C)C(C)c1ccccc1O)C1CC1. The highest BCUT2D eigenvalue weighted by Crippen LogP contribution is 2.36. The molecule has 1 aromatic rings. The fraction of sp³-hybridized carbons (Fsp3) is 0.438. The van der Waals surface area contributed by atoms with E-state index in [1.807, 2.05) is 26.0 Å². The van der Waals surface area contributed by atoms with E-state index < -0.39 is 0 Å². The number of carbonyl (C=O) groups excluding carboxylic acids is 1. The number of hydrogen-bond donors (Lipinski definition) is 1. The van der Waals surface area contributed by atoms with E-state index in [4.69, 9.17) is 0 Å². The van der Waals surface area contributed by atoms with Gasteiger partial charge in [0, 0.05) is 18.7 Å². The number of rotatable bonds is 4. The second-order valence-corrected chi connectivity index (χ2v) is 5.35. The average Bonchev–Trinajstić information content (AvgIpc) is 3.21. The first-order chi connectivity index (χ1) is 9.00. The first kappa shape index (κ1) is 13.7. The molecule has 1 atom stereocenters. The normalized spacial score (nSPS) is 17.1. The van der Waals surface area contributed by atoms with Crippen LogP contribution in [0.25, 0.3) is 0 Å². The minimum Gasteiger partial charge on any atom is -0.508 e. The van der Waals surface area contributed by atoms with Crippen LogP contribution in [0.5, 0.6) is 5.75 Å². The number of hydrogen-bond acceptors (Lipinski definition) is 2. The van der Waals surface area contributed by atoms with Crippen LogP contribution in [0.15, 0.2) is 35.9 Å². The number of carbonyl (C=O) groups is 1. The number of amides is 1. The minimum absolute atomic E-state index is 0.000142. The van der Waals surface area contributed by atoms with Gasteiger partial charge >= 0.3 is 0 Å². The molecule has 3 heteroatoms. The van der Waals surface area contributed by atoms with Gasteiger partial charge in [0.15, 0.2) is 0 Å². The highest BCUT2D eigenvalue weighted by Gasteiger charge is 2.25. The predicted octanol–water partition coefficient (Wildman–Crippen LogP) is 3.27. The summed E-state index contributed by atoms with van der Waals surface area (Å²) in [6, 6.07) is 7.01. The van der Waals surface area contributed by atoms with Gasteiger partial charge in [-0.15, -0.1) is 0 Å². The average molecular weight is 259 g/mol. The van der Waals surface area contributed by atoms with Crippen molar-refractivity contribution in [1.29, 1.82) is 0 Å². The maximum Gasteiger partial charge on any atom is 0.246 e. The van der Waals surface area contributed by atoms with Crippen molar-refractivity contribution in [2.45, 2.75) is 32.7 Å². The van der Waals surface area contributed by atoms with Crippen LogP contribution in [0.1, 0.15) is 38.3 Å². The fourth-order valence-corrected chi connectivity index (χ4v) is 2.19. The van der Waals surface area contributed by atoms with Crippen molar-refractivity contribution >= 4 is 5.91 Å². The zero-order valence-electron chi connectivity index (χ0n) is 11.8. The second-order valence-electron chi connectivity index (χ2n) is 5.35. The Balaban J connectivity index is 2.10. The van der Waals surface area contributed by atoms with Gasteiger partial charge < -0.3 is 10.0 Å². The summed E-state index contributed by atoms with van der Waals surface area (Å²) in [6.07, 6.45) is 4.14. The van der Waals surface area contributed by atoms with Crippen molar-refractivity contribution in [3.05, 3.63) is 41.5 Å². The third kappa shape index (κ3) is 3.16. The first-order valence-electron chi connectivity index (χ1n) is 6.73. The number of phenols is 1. The third-order valence-electron chi connectivity index (χ3n) is 3.89. The summed E-state index contributed by atoms with van der Waals surface area (Å²) >= 11 is 0. The van der Waals surface area contributed by atoms with Crippen LogP contribution in [0, 0.1) is 5.92 Å². The summed E-state index contributed by atoms with van der Waals surface area (Å²) in [7, 11) is 1.77. The molecular weight excluding hydrogens is 238 g/mol. The highest BCUT2D eigenvalue weighted by atomic mass is 16.3. The van der Waals surface area contributed by atoms with Gasteiger partial charge in [0.25, 0.3) is 0 Å². The number of para-hydroxylation sites is 1. The molecule has 0 aromatic heterocycles. The number of allylic oxidation sites excluding steroid dienone is 1. The van der Waals surface area contributed by atoms with E-state index in [-0.39, 0.29) is 17.7 Å². The monoisotopic (exact) mass is 259 g/mol. The largest absolute Gasteiger partial charge is 0.508 e. The lowest BCUT2D eigenvalue weighted by atomic mass is 10.1. The first-order valence-corrected chi connectivity index (χ1v) is 6.73. The molecule has 1 saturated carbocycles. The van der Waals surface area contributed by atoms with Gasteiger partial charge in [-0.3, -0.25) is 4.79 Å². The molecule has 0 saturated heterocycles. The maximum atomic E-state index is 12.2. The fourth-order valence-electron chi connectivity index (χ4n) is 2.19. The Kier molecular flexibility index (Phi) is 3.93. The molecule has 0 radical (unpaired) electrons. The van der Waals surface area contributed by atoms with E-state index in [1.165, 1.54) is 18.4 Å². The number of likely N-dealkylation sites (N-methyl/N-ethyl adjacent to an activating group) is 1. The molecule has 0 bridgehead atoms. The van der Waals surface area contributed by atoms with Gasteiger partial charge in [-0.2, -0.15) is 0 Å². The summed E-state index contributed by atoms with van der Waals surface area (Å²) in [5.41, 5.74) is 1.94. The zero-order valence-corrected chi connectivity index (χ0v) is 11.8. The highest BCUT2D eigenvalue weighted by molar-refractivity contribution is 5.88. The van der Waals surface area contributed by atoms with Crippen molar-refractivity contribution in [1.82, 2.24) is 4.90 Å². The van der Waals surface area contributed by atoms with E-state index in [9.17, 15) is 9.90 Å². The van der Waals surface area contributed by atoms with Crippen LogP contribution in [0.2, 0.25) is 0 Å². The van der Waals surface area contributed by atoms with Crippen molar-refractivity contribution in [2.24, 2.45) is 5.92 Å². The molecule has 1 aromatic carbocycles. The van der Waals surface area contributed by atoms with Crippen LogP contribution in [0.4, 0.5) is 0 Å². The van der Waals surface area contributed by atoms with Gasteiger partial charge in [0.1, 0.15) is 5.75 Å². The minimum atomic E-state index is -0.142. The van der Waals surface area contributed by atoms with Crippen molar-refractivity contribution in [3.8, 4) is 5.75 Å². The molecule has 3 nitrogen and oxygen atoms in total. The Labute approximate surface area is 114 Å². The molecular formula is C16H21NO2.